The first-order valence-corrected chi connectivity index (χ1v) is 6.03. The highest BCUT2D eigenvalue weighted by Crippen LogP contribution is 2.30. The summed E-state index contributed by atoms with van der Waals surface area (Å²) in [5, 5.41) is 3.25. The van der Waals surface area contributed by atoms with Crippen LogP contribution in [0, 0.1) is 11.6 Å². The van der Waals surface area contributed by atoms with Crippen LogP contribution in [0.4, 0.5) is 8.78 Å². The van der Waals surface area contributed by atoms with Crippen molar-refractivity contribution in [2.24, 2.45) is 0 Å². The van der Waals surface area contributed by atoms with Crippen molar-refractivity contribution < 1.29 is 18.3 Å². The third-order valence-corrected chi connectivity index (χ3v) is 3.16. The predicted octanol–water partition coefficient (Wildman–Crippen LogP) is 2.11. The molecule has 0 aromatic heterocycles. The highest BCUT2D eigenvalue weighted by atomic mass is 19.1. The number of halogens is 2. The summed E-state index contributed by atoms with van der Waals surface area (Å²) in [7, 11) is 1.59. The van der Waals surface area contributed by atoms with Gasteiger partial charge in [-0.2, -0.15) is 0 Å². The molecule has 1 aromatic carbocycles. The zero-order chi connectivity index (χ0) is 13.1. The summed E-state index contributed by atoms with van der Waals surface area (Å²) < 4.78 is 37.2. The zero-order valence-corrected chi connectivity index (χ0v) is 10.5. The SMILES string of the molecule is CCNC1CC(Oc2cc(F)ccc2F)C1OC. The first kappa shape index (κ1) is 13.2. The molecule has 0 saturated heterocycles. The maximum absolute atomic E-state index is 13.4. The van der Waals surface area contributed by atoms with Crippen molar-refractivity contribution in [1.29, 1.82) is 0 Å². The molecule has 1 aromatic rings. The Morgan fingerprint density at radius 3 is 2.83 bits per heavy atom. The van der Waals surface area contributed by atoms with Gasteiger partial charge in [0.15, 0.2) is 11.6 Å². The average Bonchev–Trinajstić information content (AvgIpc) is 2.32. The molecular weight excluding hydrogens is 240 g/mol. The van der Waals surface area contributed by atoms with Gasteiger partial charge in [-0.15, -0.1) is 0 Å². The number of methoxy groups -OCH3 is 1. The summed E-state index contributed by atoms with van der Waals surface area (Å²) in [6, 6.07) is 3.40. The molecule has 3 atom stereocenters. The normalized spacial score (nSPS) is 26.8. The third kappa shape index (κ3) is 2.62. The maximum Gasteiger partial charge on any atom is 0.165 e. The fourth-order valence-corrected chi connectivity index (χ4v) is 2.21. The minimum absolute atomic E-state index is 0.0583. The number of hydrogen-bond donors (Lipinski definition) is 1. The third-order valence-electron chi connectivity index (χ3n) is 3.16. The molecule has 100 valence electrons. The smallest absolute Gasteiger partial charge is 0.165 e. The zero-order valence-electron chi connectivity index (χ0n) is 10.5. The van der Waals surface area contributed by atoms with Gasteiger partial charge in [-0.05, 0) is 18.7 Å². The molecule has 5 heteroatoms. The second-order valence-electron chi connectivity index (χ2n) is 4.33. The van der Waals surface area contributed by atoms with E-state index in [0.717, 1.165) is 31.2 Å². The molecule has 0 amide bonds. The van der Waals surface area contributed by atoms with Gasteiger partial charge in [0.1, 0.15) is 18.0 Å². The second kappa shape index (κ2) is 5.63. The van der Waals surface area contributed by atoms with Crippen LogP contribution in [0.5, 0.6) is 5.75 Å². The molecule has 1 aliphatic rings. The number of nitrogens with one attached hydrogen (secondary N) is 1. The van der Waals surface area contributed by atoms with Crippen LogP contribution < -0.4 is 10.1 Å². The molecule has 1 saturated carbocycles. The standard InChI is InChI=1S/C13H17F2NO2/c1-3-16-10-7-12(13(10)17-2)18-11-6-8(14)4-5-9(11)15/h4-6,10,12-13,16H,3,7H2,1-2H3. The van der Waals surface area contributed by atoms with Gasteiger partial charge in [0.05, 0.1) is 0 Å². The van der Waals surface area contributed by atoms with E-state index < -0.39 is 11.6 Å². The van der Waals surface area contributed by atoms with Crippen molar-refractivity contribution in [3.05, 3.63) is 29.8 Å². The van der Waals surface area contributed by atoms with Crippen molar-refractivity contribution in [2.75, 3.05) is 13.7 Å². The van der Waals surface area contributed by atoms with E-state index in [-0.39, 0.29) is 24.0 Å². The van der Waals surface area contributed by atoms with Gasteiger partial charge in [0.2, 0.25) is 0 Å². The molecular formula is C13H17F2NO2. The van der Waals surface area contributed by atoms with E-state index in [1.54, 1.807) is 7.11 Å². The lowest BCUT2D eigenvalue weighted by atomic mass is 9.85. The Morgan fingerprint density at radius 1 is 1.39 bits per heavy atom. The number of rotatable bonds is 5. The van der Waals surface area contributed by atoms with Gasteiger partial charge >= 0.3 is 0 Å². The average molecular weight is 257 g/mol. The van der Waals surface area contributed by atoms with Crippen molar-refractivity contribution in [2.45, 2.75) is 31.6 Å². The topological polar surface area (TPSA) is 30.5 Å². The maximum atomic E-state index is 13.4. The highest BCUT2D eigenvalue weighted by Gasteiger charge is 2.43. The fraction of sp³-hybridized carbons (Fsp3) is 0.538. The van der Waals surface area contributed by atoms with Crippen LogP contribution in [0.2, 0.25) is 0 Å². The first-order chi connectivity index (χ1) is 8.65. The van der Waals surface area contributed by atoms with Crippen LogP contribution >= 0.6 is 0 Å². The Labute approximate surface area is 105 Å². The van der Waals surface area contributed by atoms with Crippen molar-refractivity contribution >= 4 is 0 Å². The number of likely N-dealkylation sites (N-methyl/N-ethyl adjacent to an activating group) is 1. The van der Waals surface area contributed by atoms with Crippen LogP contribution in [0.15, 0.2) is 18.2 Å². The van der Waals surface area contributed by atoms with Crippen molar-refractivity contribution in [1.82, 2.24) is 5.32 Å². The molecule has 0 bridgehead atoms. The summed E-state index contributed by atoms with van der Waals surface area (Å²) in [4.78, 5) is 0. The van der Waals surface area contributed by atoms with Crippen LogP contribution in [0.1, 0.15) is 13.3 Å². The van der Waals surface area contributed by atoms with Gasteiger partial charge in [-0.25, -0.2) is 8.78 Å². The van der Waals surface area contributed by atoms with Crippen LogP contribution in [0.3, 0.4) is 0 Å². The Bertz CT molecular complexity index is 414. The summed E-state index contributed by atoms with van der Waals surface area (Å²) >= 11 is 0. The molecule has 0 aliphatic heterocycles. The van der Waals surface area contributed by atoms with Gasteiger partial charge in [-0.3, -0.25) is 0 Å². The Kier molecular flexibility index (Phi) is 4.14. The van der Waals surface area contributed by atoms with E-state index in [4.69, 9.17) is 9.47 Å². The number of benzene rings is 1. The van der Waals surface area contributed by atoms with Gasteiger partial charge in [0.25, 0.3) is 0 Å². The first-order valence-electron chi connectivity index (χ1n) is 6.03. The minimum atomic E-state index is -0.557. The molecule has 1 aliphatic carbocycles. The van der Waals surface area contributed by atoms with Crippen molar-refractivity contribution in [3.63, 3.8) is 0 Å². The summed E-state index contributed by atoms with van der Waals surface area (Å²) in [6.07, 6.45) is 0.352. The van der Waals surface area contributed by atoms with Crippen LogP contribution in [-0.2, 0) is 4.74 Å². The monoisotopic (exact) mass is 257 g/mol. The molecule has 0 radical (unpaired) electrons. The number of ether oxygens (including phenoxy) is 2. The van der Waals surface area contributed by atoms with Crippen LogP contribution in [0.25, 0.3) is 0 Å². The molecule has 3 nitrogen and oxygen atoms in total. The minimum Gasteiger partial charge on any atom is -0.484 e. The van der Waals surface area contributed by atoms with E-state index in [2.05, 4.69) is 5.32 Å². The lowest BCUT2D eigenvalue weighted by molar-refractivity contribution is -0.0895. The summed E-state index contributed by atoms with van der Waals surface area (Å²) in [5.41, 5.74) is 0. The van der Waals surface area contributed by atoms with Gasteiger partial charge in [-0.1, -0.05) is 6.92 Å². The van der Waals surface area contributed by atoms with E-state index >= 15 is 0 Å². The second-order valence-corrected chi connectivity index (χ2v) is 4.33. The molecule has 1 N–H and O–H groups in total. The highest BCUT2D eigenvalue weighted by molar-refractivity contribution is 5.25. The Balaban J connectivity index is 2.00. The Hall–Kier alpha value is -1.20. The lowest BCUT2D eigenvalue weighted by Gasteiger charge is -2.43. The molecule has 2 rings (SSSR count). The molecule has 18 heavy (non-hydrogen) atoms. The van der Waals surface area contributed by atoms with E-state index in [9.17, 15) is 8.78 Å². The van der Waals surface area contributed by atoms with Gasteiger partial charge < -0.3 is 14.8 Å². The van der Waals surface area contributed by atoms with Gasteiger partial charge in [0, 0.05) is 25.6 Å². The predicted molar refractivity (Wildman–Crippen MR) is 63.7 cm³/mol. The molecule has 0 spiro atoms. The van der Waals surface area contributed by atoms with Crippen LogP contribution in [-0.4, -0.2) is 31.9 Å². The molecule has 3 unspecified atom stereocenters. The largest absolute Gasteiger partial charge is 0.484 e. The summed E-state index contributed by atoms with van der Waals surface area (Å²) in [5.74, 6) is -1.13. The Morgan fingerprint density at radius 2 is 2.17 bits per heavy atom. The van der Waals surface area contributed by atoms with Crippen molar-refractivity contribution in [3.8, 4) is 5.75 Å². The van der Waals surface area contributed by atoms with E-state index in [0.29, 0.717) is 0 Å². The summed E-state index contributed by atoms with van der Waals surface area (Å²) in [6.45, 7) is 2.85. The number of hydrogen-bond acceptors (Lipinski definition) is 3. The molecule has 0 heterocycles. The quantitative estimate of drug-likeness (QED) is 0.876. The van der Waals surface area contributed by atoms with E-state index in [1.165, 1.54) is 0 Å². The fourth-order valence-electron chi connectivity index (χ4n) is 2.21. The lowest BCUT2D eigenvalue weighted by Crippen LogP contribution is -2.60. The van der Waals surface area contributed by atoms with E-state index in [1.807, 2.05) is 6.92 Å². The molecule has 1 fully saturated rings.